The van der Waals surface area contributed by atoms with Crippen LogP contribution in [0.1, 0.15) is 19.3 Å². The van der Waals surface area contributed by atoms with Gasteiger partial charge in [-0.1, -0.05) is 0 Å². The van der Waals surface area contributed by atoms with Crippen molar-refractivity contribution in [3.05, 3.63) is 11.8 Å². The summed E-state index contributed by atoms with van der Waals surface area (Å²) in [6.45, 7) is 3.17. The molecule has 5 nitrogen and oxygen atoms in total. The largest absolute Gasteiger partial charge is 0.412 e. The van der Waals surface area contributed by atoms with Crippen molar-refractivity contribution in [3.8, 4) is 0 Å². The molecule has 0 radical (unpaired) electrons. The Labute approximate surface area is 124 Å². The fourth-order valence-corrected chi connectivity index (χ4v) is 3.19. The number of nitrogens with one attached hydrogen (secondary N) is 2. The number of hydrogen-bond acceptors (Lipinski definition) is 5. The van der Waals surface area contributed by atoms with Gasteiger partial charge < -0.3 is 15.1 Å². The fraction of sp³-hybridized carbons (Fsp3) is 0.786. The summed E-state index contributed by atoms with van der Waals surface area (Å²) in [5.41, 5.74) is 2.83. The molecule has 1 saturated carbocycles. The fourth-order valence-electron chi connectivity index (χ4n) is 2.75. The number of likely N-dealkylation sites (tertiary alicyclic amines) is 1. The zero-order valence-corrected chi connectivity index (χ0v) is 12.7. The lowest BCUT2D eigenvalue weighted by molar-refractivity contribution is -0.124. The van der Waals surface area contributed by atoms with Gasteiger partial charge in [-0.15, -0.1) is 5.48 Å². The molecule has 1 aliphatic carbocycles. The third-order valence-electron chi connectivity index (χ3n) is 4.13. The first-order chi connectivity index (χ1) is 9.76. The van der Waals surface area contributed by atoms with Crippen LogP contribution >= 0.6 is 11.8 Å². The van der Waals surface area contributed by atoms with Gasteiger partial charge in [0.05, 0.1) is 0 Å². The average Bonchev–Trinajstić information content (AvgIpc) is 3.01. The van der Waals surface area contributed by atoms with Crippen molar-refractivity contribution >= 4 is 17.7 Å². The highest BCUT2D eigenvalue weighted by Gasteiger charge is 2.35. The second-order valence-corrected chi connectivity index (χ2v) is 6.81. The standard InChI is InChI=1S/C14H23N3O2S/c1-20-7-6-17-5-4-11(9-17)15-14(18)12-8-13(19-16-12)10-2-3-10/h8,10-12,16H,2-7,9H2,1H3,(H,15,18). The van der Waals surface area contributed by atoms with E-state index in [4.69, 9.17) is 4.84 Å². The van der Waals surface area contributed by atoms with Crippen molar-refractivity contribution in [1.82, 2.24) is 15.7 Å². The van der Waals surface area contributed by atoms with Crippen molar-refractivity contribution in [1.29, 1.82) is 0 Å². The Morgan fingerprint density at radius 3 is 3.15 bits per heavy atom. The molecule has 1 amide bonds. The van der Waals surface area contributed by atoms with Crippen LogP contribution in [0.4, 0.5) is 0 Å². The smallest absolute Gasteiger partial charge is 0.244 e. The minimum Gasteiger partial charge on any atom is -0.412 e. The summed E-state index contributed by atoms with van der Waals surface area (Å²) in [4.78, 5) is 20.0. The minimum absolute atomic E-state index is 0.0392. The van der Waals surface area contributed by atoms with Gasteiger partial charge >= 0.3 is 0 Å². The van der Waals surface area contributed by atoms with Crippen LogP contribution < -0.4 is 10.8 Å². The predicted octanol–water partition coefficient (Wildman–Crippen LogP) is 0.737. The van der Waals surface area contributed by atoms with E-state index >= 15 is 0 Å². The van der Waals surface area contributed by atoms with Gasteiger partial charge in [-0.05, 0) is 31.6 Å². The van der Waals surface area contributed by atoms with E-state index in [1.54, 1.807) is 0 Å². The third kappa shape index (κ3) is 3.48. The first kappa shape index (κ1) is 14.2. The molecule has 112 valence electrons. The van der Waals surface area contributed by atoms with Gasteiger partial charge in [-0.3, -0.25) is 4.79 Å². The number of thioether (sulfide) groups is 1. The van der Waals surface area contributed by atoms with Crippen molar-refractivity contribution < 1.29 is 9.63 Å². The van der Waals surface area contributed by atoms with E-state index in [0.29, 0.717) is 5.92 Å². The highest BCUT2D eigenvalue weighted by atomic mass is 32.2. The molecule has 2 atom stereocenters. The van der Waals surface area contributed by atoms with Crippen molar-refractivity contribution in [3.63, 3.8) is 0 Å². The van der Waals surface area contributed by atoms with Gasteiger partial charge in [0.15, 0.2) is 0 Å². The lowest BCUT2D eigenvalue weighted by atomic mass is 10.2. The molecule has 6 heteroatoms. The summed E-state index contributed by atoms with van der Waals surface area (Å²) in [6, 6.07) is -0.0321. The van der Waals surface area contributed by atoms with Crippen molar-refractivity contribution in [2.24, 2.45) is 5.92 Å². The summed E-state index contributed by atoms with van der Waals surface area (Å²) >= 11 is 1.87. The van der Waals surface area contributed by atoms with Gasteiger partial charge in [-0.25, -0.2) is 0 Å². The minimum atomic E-state index is -0.314. The van der Waals surface area contributed by atoms with Crippen LogP contribution in [0.25, 0.3) is 0 Å². The van der Waals surface area contributed by atoms with E-state index < -0.39 is 0 Å². The van der Waals surface area contributed by atoms with Crippen LogP contribution in [0.5, 0.6) is 0 Å². The molecule has 2 fully saturated rings. The average molecular weight is 297 g/mol. The molecule has 0 aromatic heterocycles. The van der Waals surface area contributed by atoms with Crippen LogP contribution in [-0.2, 0) is 9.63 Å². The molecule has 0 aromatic rings. The highest BCUT2D eigenvalue weighted by Crippen LogP contribution is 2.38. The number of rotatable bonds is 6. The molecule has 2 heterocycles. The molecule has 20 heavy (non-hydrogen) atoms. The molecule has 1 saturated heterocycles. The second kappa shape index (κ2) is 6.37. The molecular weight excluding hydrogens is 274 g/mol. The van der Waals surface area contributed by atoms with E-state index in [9.17, 15) is 4.79 Å². The molecule has 0 aromatic carbocycles. The number of nitrogens with zero attached hydrogens (tertiary/aromatic N) is 1. The number of carbonyl (C=O) groups excluding carboxylic acids is 1. The summed E-state index contributed by atoms with van der Waals surface area (Å²) in [5, 5.41) is 3.13. The number of amides is 1. The maximum atomic E-state index is 12.2. The van der Waals surface area contributed by atoms with Gasteiger partial charge in [0.2, 0.25) is 5.91 Å². The van der Waals surface area contributed by atoms with Crippen LogP contribution in [0.3, 0.4) is 0 Å². The molecule has 3 aliphatic rings. The SMILES string of the molecule is CSCCN1CCC(NC(=O)C2C=C(C3CC3)ON2)C1. The topological polar surface area (TPSA) is 53.6 Å². The highest BCUT2D eigenvalue weighted by molar-refractivity contribution is 7.98. The molecule has 2 N–H and O–H groups in total. The van der Waals surface area contributed by atoms with Crippen LogP contribution in [0, 0.1) is 5.92 Å². The molecule has 0 spiro atoms. The summed E-state index contributed by atoms with van der Waals surface area (Å²) < 4.78 is 0. The maximum absolute atomic E-state index is 12.2. The number of hydrogen-bond donors (Lipinski definition) is 2. The van der Waals surface area contributed by atoms with Crippen molar-refractivity contribution in [2.45, 2.75) is 31.3 Å². The number of allylic oxidation sites excluding steroid dienone is 1. The maximum Gasteiger partial charge on any atom is 0.244 e. The lowest BCUT2D eigenvalue weighted by Gasteiger charge is -2.17. The number of carbonyl (C=O) groups is 1. The Morgan fingerprint density at radius 1 is 1.55 bits per heavy atom. The van der Waals surface area contributed by atoms with Crippen molar-refractivity contribution in [2.75, 3.05) is 31.6 Å². The first-order valence-corrected chi connectivity index (χ1v) is 8.81. The predicted molar refractivity (Wildman–Crippen MR) is 80.2 cm³/mol. The quantitative estimate of drug-likeness (QED) is 0.757. The summed E-state index contributed by atoms with van der Waals surface area (Å²) in [6.07, 6.45) is 7.50. The zero-order chi connectivity index (χ0) is 13.9. The third-order valence-corrected chi connectivity index (χ3v) is 4.72. The molecule has 0 bridgehead atoms. The van der Waals surface area contributed by atoms with E-state index in [1.165, 1.54) is 12.8 Å². The van der Waals surface area contributed by atoms with E-state index in [1.807, 2.05) is 17.8 Å². The van der Waals surface area contributed by atoms with Crippen LogP contribution in [-0.4, -0.2) is 54.5 Å². The number of hydroxylamine groups is 1. The van der Waals surface area contributed by atoms with Gasteiger partial charge in [-0.2, -0.15) is 11.8 Å². The van der Waals surface area contributed by atoms with Gasteiger partial charge in [0.1, 0.15) is 11.8 Å². The first-order valence-electron chi connectivity index (χ1n) is 7.42. The van der Waals surface area contributed by atoms with Gasteiger partial charge in [0, 0.05) is 37.3 Å². The monoisotopic (exact) mass is 297 g/mol. The Bertz CT molecular complexity index is 398. The molecule has 2 aliphatic heterocycles. The Balaban J connectivity index is 1.43. The second-order valence-electron chi connectivity index (χ2n) is 5.83. The van der Waals surface area contributed by atoms with E-state index in [2.05, 4.69) is 22.0 Å². The Kier molecular flexibility index (Phi) is 4.53. The van der Waals surface area contributed by atoms with E-state index in [0.717, 1.165) is 37.6 Å². The molecule has 3 rings (SSSR count). The molecule has 2 unspecified atom stereocenters. The summed E-state index contributed by atoms with van der Waals surface area (Å²) in [7, 11) is 0. The lowest BCUT2D eigenvalue weighted by Crippen LogP contribution is -2.45. The van der Waals surface area contributed by atoms with Gasteiger partial charge in [0.25, 0.3) is 0 Å². The molecular formula is C14H23N3O2S. The van der Waals surface area contributed by atoms with Crippen LogP contribution in [0.15, 0.2) is 11.8 Å². The van der Waals surface area contributed by atoms with Crippen LogP contribution in [0.2, 0.25) is 0 Å². The summed E-state index contributed by atoms with van der Waals surface area (Å²) in [5.74, 6) is 2.70. The normalized spacial score (nSPS) is 30.1. The Hall–Kier alpha value is -0.720. The van der Waals surface area contributed by atoms with E-state index in [-0.39, 0.29) is 18.0 Å². The Morgan fingerprint density at radius 2 is 2.40 bits per heavy atom. The zero-order valence-electron chi connectivity index (χ0n) is 11.9.